The van der Waals surface area contributed by atoms with Gasteiger partial charge in [0.2, 0.25) is 0 Å². The molecule has 1 aliphatic heterocycles. The highest BCUT2D eigenvalue weighted by Crippen LogP contribution is 2.31. The highest BCUT2D eigenvalue weighted by Gasteiger charge is 2.24. The maximum atomic E-state index is 11.9. The van der Waals surface area contributed by atoms with Gasteiger partial charge in [0.15, 0.2) is 0 Å². The molecule has 1 saturated heterocycles. The summed E-state index contributed by atoms with van der Waals surface area (Å²) >= 11 is 6.04. The molecule has 1 aromatic carbocycles. The van der Waals surface area contributed by atoms with E-state index in [2.05, 4.69) is 5.32 Å². The Morgan fingerprint density at radius 2 is 2.33 bits per heavy atom. The van der Waals surface area contributed by atoms with Gasteiger partial charge in [0.05, 0.1) is 12.1 Å². The van der Waals surface area contributed by atoms with Gasteiger partial charge in [-0.1, -0.05) is 11.6 Å². The molecule has 2 rings (SSSR count). The predicted octanol–water partition coefficient (Wildman–Crippen LogP) is 2.77. The second-order valence-corrected chi connectivity index (χ2v) is 4.70. The van der Waals surface area contributed by atoms with Crippen molar-refractivity contribution in [1.29, 1.82) is 0 Å². The molecule has 18 heavy (non-hydrogen) atoms. The lowest BCUT2D eigenvalue weighted by Crippen LogP contribution is -2.27. The van der Waals surface area contributed by atoms with Crippen LogP contribution in [0.3, 0.4) is 0 Å². The molecule has 0 saturated carbocycles. The van der Waals surface area contributed by atoms with E-state index in [1.807, 2.05) is 6.92 Å². The van der Waals surface area contributed by atoms with Crippen LogP contribution in [0, 0.1) is 6.92 Å². The van der Waals surface area contributed by atoms with Gasteiger partial charge in [0.1, 0.15) is 11.9 Å². The van der Waals surface area contributed by atoms with Gasteiger partial charge in [-0.15, -0.1) is 0 Å². The van der Waals surface area contributed by atoms with Crippen molar-refractivity contribution in [3.05, 3.63) is 22.7 Å². The van der Waals surface area contributed by atoms with Gasteiger partial charge in [0, 0.05) is 12.3 Å². The number of ether oxygens (including phenoxy) is 2. The quantitative estimate of drug-likeness (QED) is 0.918. The van der Waals surface area contributed by atoms with Crippen molar-refractivity contribution in [3.8, 4) is 5.75 Å². The Balaban J connectivity index is 2.13. The number of rotatable bonds is 3. The monoisotopic (exact) mass is 269 g/mol. The second kappa shape index (κ2) is 5.59. The Hall–Kier alpha value is -1.26. The predicted molar refractivity (Wildman–Crippen MR) is 70.3 cm³/mol. The van der Waals surface area contributed by atoms with Gasteiger partial charge in [-0.2, -0.15) is 0 Å². The number of hydrogen-bond acceptors (Lipinski definition) is 3. The first-order valence-corrected chi connectivity index (χ1v) is 6.26. The summed E-state index contributed by atoms with van der Waals surface area (Å²) in [6, 6.07) is 3.50. The summed E-state index contributed by atoms with van der Waals surface area (Å²) < 4.78 is 10.4. The smallest absolute Gasteiger partial charge is 0.253 e. The van der Waals surface area contributed by atoms with Gasteiger partial charge >= 0.3 is 0 Å². The van der Waals surface area contributed by atoms with E-state index in [0.29, 0.717) is 23.1 Å². The molecule has 1 heterocycles. The molecule has 0 bridgehead atoms. The van der Waals surface area contributed by atoms with E-state index in [9.17, 15) is 4.79 Å². The molecule has 1 aromatic rings. The van der Waals surface area contributed by atoms with Crippen LogP contribution in [-0.4, -0.2) is 25.7 Å². The average Bonchev–Trinajstić information content (AvgIpc) is 2.87. The first kappa shape index (κ1) is 13.2. The highest BCUT2D eigenvalue weighted by molar-refractivity contribution is 6.32. The van der Waals surface area contributed by atoms with E-state index in [0.717, 1.165) is 18.4 Å². The van der Waals surface area contributed by atoms with E-state index >= 15 is 0 Å². The minimum Gasteiger partial charge on any atom is -0.495 e. The summed E-state index contributed by atoms with van der Waals surface area (Å²) in [5, 5.41) is 3.32. The van der Waals surface area contributed by atoms with E-state index in [4.69, 9.17) is 21.1 Å². The Bertz CT molecular complexity index is 456. The van der Waals surface area contributed by atoms with Crippen LogP contribution < -0.4 is 10.1 Å². The van der Waals surface area contributed by atoms with Crippen LogP contribution in [0.1, 0.15) is 18.4 Å². The third kappa shape index (κ3) is 2.76. The standard InChI is InChI=1S/C13H16ClNO3/c1-8-6-12(17-2)9(14)7-10(8)15-13(16)11-4-3-5-18-11/h6-7,11H,3-5H2,1-2H3,(H,15,16). The van der Waals surface area contributed by atoms with Crippen LogP contribution in [0.4, 0.5) is 5.69 Å². The first-order chi connectivity index (χ1) is 8.61. The van der Waals surface area contributed by atoms with Crippen molar-refractivity contribution in [2.24, 2.45) is 0 Å². The molecule has 0 radical (unpaired) electrons. The van der Waals surface area contributed by atoms with Crippen molar-refractivity contribution >= 4 is 23.2 Å². The molecule has 1 atom stereocenters. The Labute approximate surface area is 111 Å². The molecule has 0 aliphatic carbocycles. The SMILES string of the molecule is COc1cc(C)c(NC(=O)C2CCCO2)cc1Cl. The summed E-state index contributed by atoms with van der Waals surface area (Å²) in [5.74, 6) is 0.487. The topological polar surface area (TPSA) is 47.6 Å². The fraction of sp³-hybridized carbons (Fsp3) is 0.462. The summed E-state index contributed by atoms with van der Waals surface area (Å²) in [5.41, 5.74) is 1.60. The van der Waals surface area contributed by atoms with Crippen molar-refractivity contribution in [2.45, 2.75) is 25.9 Å². The van der Waals surface area contributed by atoms with Crippen molar-refractivity contribution < 1.29 is 14.3 Å². The third-order valence-electron chi connectivity index (χ3n) is 2.98. The number of anilines is 1. The van der Waals surface area contributed by atoms with Crippen molar-refractivity contribution in [1.82, 2.24) is 0 Å². The molecule has 0 aromatic heterocycles. The lowest BCUT2D eigenvalue weighted by Gasteiger charge is -2.14. The molecule has 1 fully saturated rings. The number of nitrogens with one attached hydrogen (secondary N) is 1. The van der Waals surface area contributed by atoms with E-state index in [1.54, 1.807) is 19.2 Å². The number of carbonyl (C=O) groups excluding carboxylic acids is 1. The highest BCUT2D eigenvalue weighted by atomic mass is 35.5. The Kier molecular flexibility index (Phi) is 4.09. The van der Waals surface area contributed by atoms with Crippen LogP contribution in [0.15, 0.2) is 12.1 Å². The second-order valence-electron chi connectivity index (χ2n) is 4.29. The minimum absolute atomic E-state index is 0.114. The molecule has 0 spiro atoms. The lowest BCUT2D eigenvalue weighted by atomic mass is 10.1. The third-order valence-corrected chi connectivity index (χ3v) is 3.27. The Morgan fingerprint density at radius 3 is 2.94 bits per heavy atom. The lowest BCUT2D eigenvalue weighted by molar-refractivity contribution is -0.124. The zero-order valence-electron chi connectivity index (χ0n) is 10.5. The number of benzene rings is 1. The summed E-state index contributed by atoms with van der Waals surface area (Å²) in [6.07, 6.45) is 1.36. The molecular weight excluding hydrogens is 254 g/mol. The van der Waals surface area contributed by atoms with Gasteiger partial charge in [0.25, 0.3) is 5.91 Å². The molecule has 1 N–H and O–H groups in total. The maximum Gasteiger partial charge on any atom is 0.253 e. The number of aryl methyl sites for hydroxylation is 1. The zero-order valence-corrected chi connectivity index (χ0v) is 11.2. The normalized spacial score (nSPS) is 18.7. The number of methoxy groups -OCH3 is 1. The Morgan fingerprint density at radius 1 is 1.56 bits per heavy atom. The molecule has 1 unspecified atom stereocenters. The molecule has 1 aliphatic rings. The van der Waals surface area contributed by atoms with Crippen LogP contribution in [-0.2, 0) is 9.53 Å². The van der Waals surface area contributed by atoms with E-state index in [-0.39, 0.29) is 12.0 Å². The van der Waals surface area contributed by atoms with E-state index in [1.165, 1.54) is 0 Å². The van der Waals surface area contributed by atoms with Crippen LogP contribution in [0.2, 0.25) is 5.02 Å². The van der Waals surface area contributed by atoms with Gasteiger partial charge in [-0.3, -0.25) is 4.79 Å². The van der Waals surface area contributed by atoms with Gasteiger partial charge in [-0.05, 0) is 37.5 Å². The van der Waals surface area contributed by atoms with Crippen molar-refractivity contribution in [2.75, 3.05) is 19.0 Å². The first-order valence-electron chi connectivity index (χ1n) is 5.88. The fourth-order valence-corrected chi connectivity index (χ4v) is 2.18. The molecule has 4 nitrogen and oxygen atoms in total. The van der Waals surface area contributed by atoms with Crippen molar-refractivity contribution in [3.63, 3.8) is 0 Å². The number of amides is 1. The minimum atomic E-state index is -0.342. The zero-order chi connectivity index (χ0) is 13.1. The average molecular weight is 270 g/mol. The van der Waals surface area contributed by atoms with Crippen LogP contribution in [0.25, 0.3) is 0 Å². The largest absolute Gasteiger partial charge is 0.495 e. The number of hydrogen-bond donors (Lipinski definition) is 1. The summed E-state index contributed by atoms with van der Waals surface area (Å²) in [7, 11) is 1.56. The molecule has 1 amide bonds. The van der Waals surface area contributed by atoms with Gasteiger partial charge < -0.3 is 14.8 Å². The van der Waals surface area contributed by atoms with Crippen LogP contribution >= 0.6 is 11.6 Å². The van der Waals surface area contributed by atoms with Crippen LogP contribution in [0.5, 0.6) is 5.75 Å². The molecule has 98 valence electrons. The summed E-state index contributed by atoms with van der Waals surface area (Å²) in [6.45, 7) is 2.55. The van der Waals surface area contributed by atoms with Gasteiger partial charge in [-0.25, -0.2) is 0 Å². The summed E-state index contributed by atoms with van der Waals surface area (Å²) in [4.78, 5) is 11.9. The molecular formula is C13H16ClNO3. The maximum absolute atomic E-state index is 11.9. The molecule has 5 heteroatoms. The van der Waals surface area contributed by atoms with E-state index < -0.39 is 0 Å². The number of halogens is 1. The fourth-order valence-electron chi connectivity index (χ4n) is 1.94. The number of carbonyl (C=O) groups is 1.